The number of aromatic nitrogens is 4. The van der Waals surface area contributed by atoms with Crippen LogP contribution in [0.25, 0.3) is 11.2 Å². The fourth-order valence-electron chi connectivity index (χ4n) is 7.86. The number of methoxy groups -OCH3 is 1. The predicted molar refractivity (Wildman–Crippen MR) is 172 cm³/mol. The maximum atomic E-state index is 11.6. The smallest absolute Gasteiger partial charge is 0.410 e. The van der Waals surface area contributed by atoms with Gasteiger partial charge in [0.25, 0.3) is 0 Å². The number of carboxylic acid groups (broad SMARTS) is 1. The van der Waals surface area contributed by atoms with Crippen molar-refractivity contribution in [1.82, 2.24) is 19.5 Å². The Balaban J connectivity index is 1.22. The fourth-order valence-corrected chi connectivity index (χ4v) is 7.86. The van der Waals surface area contributed by atoms with Gasteiger partial charge in [-0.15, -0.1) is 0 Å². The Morgan fingerprint density at radius 2 is 1.55 bits per heavy atom. The molecule has 8 rings (SSSR count). The second kappa shape index (κ2) is 10.9. The molecule has 11 nitrogen and oxygen atoms in total. The quantitative estimate of drug-likeness (QED) is 0.187. The topological polar surface area (TPSA) is 130 Å². The molecule has 0 bridgehead atoms. The van der Waals surface area contributed by atoms with Crippen molar-refractivity contribution in [2.75, 3.05) is 19.0 Å². The van der Waals surface area contributed by atoms with E-state index in [-0.39, 0.29) is 41.4 Å². The minimum atomic E-state index is -1.26. The van der Waals surface area contributed by atoms with E-state index in [0.717, 1.165) is 23.1 Å². The molecular formula is C36H35N5O6. The zero-order chi connectivity index (χ0) is 32.4. The summed E-state index contributed by atoms with van der Waals surface area (Å²) in [4.78, 5) is 24.9. The lowest BCUT2D eigenvalue weighted by Gasteiger charge is -2.38. The van der Waals surface area contributed by atoms with Crippen LogP contribution < -0.4 is 10.1 Å². The van der Waals surface area contributed by atoms with Gasteiger partial charge in [-0.25, -0.2) is 9.78 Å². The van der Waals surface area contributed by atoms with Crippen LogP contribution in [0.15, 0.2) is 97.3 Å². The number of fused-ring (bicyclic) bond motifs is 4. The van der Waals surface area contributed by atoms with E-state index in [2.05, 4.69) is 56.7 Å². The van der Waals surface area contributed by atoms with Gasteiger partial charge in [0.2, 0.25) is 0 Å². The van der Waals surface area contributed by atoms with Gasteiger partial charge >= 0.3 is 12.1 Å². The first-order valence-corrected chi connectivity index (χ1v) is 15.7. The van der Waals surface area contributed by atoms with E-state index in [0.29, 0.717) is 17.8 Å². The van der Waals surface area contributed by atoms with Crippen LogP contribution in [0.4, 0.5) is 10.6 Å². The van der Waals surface area contributed by atoms with Crippen molar-refractivity contribution >= 4 is 23.1 Å². The molecule has 1 saturated heterocycles. The van der Waals surface area contributed by atoms with Crippen LogP contribution in [0.2, 0.25) is 0 Å². The van der Waals surface area contributed by atoms with Crippen molar-refractivity contribution in [1.29, 1.82) is 0 Å². The molecule has 1 amide bonds. The molecule has 3 aromatic carbocycles. The molecule has 0 radical (unpaired) electrons. The van der Waals surface area contributed by atoms with Crippen molar-refractivity contribution in [3.63, 3.8) is 0 Å². The average molecular weight is 634 g/mol. The number of amides is 1. The summed E-state index contributed by atoms with van der Waals surface area (Å²) < 4.78 is 28.0. The lowest BCUT2D eigenvalue weighted by atomic mass is 9.80. The lowest BCUT2D eigenvalue weighted by molar-refractivity contribution is -0.166. The highest BCUT2D eigenvalue weighted by Gasteiger charge is 2.76. The minimum absolute atomic E-state index is 0.0326. The summed E-state index contributed by atoms with van der Waals surface area (Å²) in [5.41, 5.74) is 2.63. The summed E-state index contributed by atoms with van der Waals surface area (Å²) in [6.45, 7) is 4.27. The average Bonchev–Trinajstić information content (AvgIpc) is 3.34. The fraction of sp³-hybridized carbons (Fsp3) is 0.333. The number of imidazole rings is 1. The Morgan fingerprint density at radius 1 is 0.957 bits per heavy atom. The number of nitrogens with zero attached hydrogens (tertiary/aromatic N) is 4. The number of hydrogen-bond donors (Lipinski definition) is 2. The van der Waals surface area contributed by atoms with E-state index in [1.54, 1.807) is 6.33 Å². The summed E-state index contributed by atoms with van der Waals surface area (Å²) in [5.74, 6) is -0.647. The lowest BCUT2D eigenvalue weighted by Crippen LogP contribution is -2.39. The molecule has 2 saturated carbocycles. The zero-order valence-electron chi connectivity index (χ0n) is 26.2. The van der Waals surface area contributed by atoms with Crippen LogP contribution in [0, 0.1) is 11.3 Å². The minimum Gasteiger partial charge on any atom is -0.467 e. The number of hydrogen-bond acceptors (Lipinski definition) is 8. The molecule has 2 N–H and O–H groups in total. The number of anilines is 1. The Labute approximate surface area is 271 Å². The molecule has 5 atom stereocenters. The molecule has 1 aliphatic heterocycles. The summed E-state index contributed by atoms with van der Waals surface area (Å²) in [6.07, 6.45) is 0.689. The van der Waals surface area contributed by atoms with Gasteiger partial charge in [-0.1, -0.05) is 91.0 Å². The normalized spacial score (nSPS) is 25.7. The van der Waals surface area contributed by atoms with Gasteiger partial charge in [0.15, 0.2) is 22.8 Å². The van der Waals surface area contributed by atoms with Gasteiger partial charge in [-0.05, 0) is 42.9 Å². The largest absolute Gasteiger partial charge is 0.467 e. The Morgan fingerprint density at radius 3 is 2.11 bits per heavy atom. The summed E-state index contributed by atoms with van der Waals surface area (Å²) >= 11 is 0. The third kappa shape index (κ3) is 4.68. The highest BCUT2D eigenvalue weighted by atomic mass is 16.8. The van der Waals surface area contributed by atoms with Crippen LogP contribution in [0.5, 0.6) is 6.01 Å². The molecular weight excluding hydrogens is 598 g/mol. The maximum Gasteiger partial charge on any atom is 0.410 e. The Bertz CT molecular complexity index is 1840. The molecule has 3 aliphatic rings. The second-order valence-electron chi connectivity index (χ2n) is 12.9. The van der Waals surface area contributed by atoms with Crippen LogP contribution >= 0.6 is 0 Å². The molecule has 5 aromatic rings. The summed E-state index contributed by atoms with van der Waals surface area (Å²) in [5, 5.41) is 11.8. The summed E-state index contributed by atoms with van der Waals surface area (Å²) in [7, 11) is 1.44. The van der Waals surface area contributed by atoms with Crippen molar-refractivity contribution < 1.29 is 28.8 Å². The molecule has 47 heavy (non-hydrogen) atoms. The maximum absolute atomic E-state index is 11.6. The van der Waals surface area contributed by atoms with Crippen molar-refractivity contribution in [3.8, 4) is 6.01 Å². The monoisotopic (exact) mass is 633 g/mol. The molecule has 240 valence electrons. The number of nitrogens with one attached hydrogen (secondary N) is 1. The predicted octanol–water partition coefficient (Wildman–Crippen LogP) is 6.01. The molecule has 11 heteroatoms. The highest BCUT2D eigenvalue weighted by Crippen LogP contribution is 2.72. The van der Waals surface area contributed by atoms with Crippen LogP contribution in [0.1, 0.15) is 43.0 Å². The molecule has 2 aliphatic carbocycles. The first-order chi connectivity index (χ1) is 22.8. The van der Waals surface area contributed by atoms with E-state index in [9.17, 15) is 9.90 Å². The van der Waals surface area contributed by atoms with Crippen LogP contribution in [0.3, 0.4) is 0 Å². The van der Waals surface area contributed by atoms with E-state index in [1.165, 1.54) is 7.11 Å². The standard InChI is InChI=1S/C36H35N5O6/c1-34(2)46-28-27(41-21-37-26-30(39-33(42)43)38-32(44-3)40-31(26)41)25-19-35(25,29(28)47-34)20-45-36(22-13-7-4-8-14-22,23-15-9-5-10-16-23)24-17-11-6-12-18-24/h4-18,21,25,27-29H,19-20H2,1-3H3,(H,42,43)(H,38,39,40)/t25-,27-,28+,29+,35+/m1/s1. The van der Waals surface area contributed by atoms with E-state index in [1.807, 2.05) is 73.0 Å². The molecule has 3 fully saturated rings. The second-order valence-corrected chi connectivity index (χ2v) is 12.9. The van der Waals surface area contributed by atoms with Gasteiger partial charge in [0, 0.05) is 5.41 Å². The van der Waals surface area contributed by atoms with E-state index < -0.39 is 17.5 Å². The summed E-state index contributed by atoms with van der Waals surface area (Å²) in [6, 6.07) is 30.9. The number of ether oxygens (including phenoxy) is 4. The van der Waals surface area contributed by atoms with Gasteiger partial charge in [0.05, 0.1) is 32.2 Å². The van der Waals surface area contributed by atoms with Gasteiger partial charge in [0.1, 0.15) is 11.7 Å². The Kier molecular flexibility index (Phi) is 6.83. The molecule has 0 unspecified atom stereocenters. The van der Waals surface area contributed by atoms with Gasteiger partial charge in [-0.2, -0.15) is 9.97 Å². The molecule has 0 spiro atoms. The first-order valence-electron chi connectivity index (χ1n) is 15.7. The Hall–Kier alpha value is -4.84. The van der Waals surface area contributed by atoms with Gasteiger partial charge < -0.3 is 28.6 Å². The number of benzene rings is 3. The highest BCUT2D eigenvalue weighted by molar-refractivity contribution is 5.93. The third-order valence-corrected chi connectivity index (χ3v) is 9.85. The third-order valence-electron chi connectivity index (χ3n) is 9.85. The number of carbonyl (C=O) groups is 1. The van der Waals surface area contributed by atoms with Crippen LogP contribution in [-0.2, 0) is 19.8 Å². The van der Waals surface area contributed by atoms with E-state index in [4.69, 9.17) is 18.9 Å². The SMILES string of the molecule is COc1nc(NC(=O)O)c2ncn([C@H]3[C@@H]4OC(C)(C)O[C@@H]4[C@]4(COC(c5ccccc5)(c5ccccc5)c5ccccc5)C[C@H]34)c2n1. The first kappa shape index (κ1) is 29.6. The van der Waals surface area contributed by atoms with Gasteiger partial charge in [-0.3, -0.25) is 5.32 Å². The van der Waals surface area contributed by atoms with Crippen molar-refractivity contribution in [2.24, 2.45) is 11.3 Å². The van der Waals surface area contributed by atoms with Crippen LogP contribution in [-0.4, -0.2) is 62.4 Å². The van der Waals surface area contributed by atoms with E-state index >= 15 is 0 Å². The van der Waals surface area contributed by atoms with Crippen molar-refractivity contribution in [2.45, 2.75) is 49.9 Å². The number of rotatable bonds is 9. The zero-order valence-corrected chi connectivity index (χ0v) is 26.2. The van der Waals surface area contributed by atoms with Crippen molar-refractivity contribution in [3.05, 3.63) is 114 Å². The molecule has 2 aromatic heterocycles. The molecule has 3 heterocycles.